The van der Waals surface area contributed by atoms with Crippen molar-refractivity contribution in [3.05, 3.63) is 30.0 Å². The number of nitrogens with zero attached hydrogens (tertiary/aromatic N) is 1. The molecule has 0 radical (unpaired) electrons. The van der Waals surface area contributed by atoms with E-state index in [-0.39, 0.29) is 0 Å². The van der Waals surface area contributed by atoms with Gasteiger partial charge in [-0.1, -0.05) is 0 Å². The van der Waals surface area contributed by atoms with Gasteiger partial charge in [0.15, 0.2) is 0 Å². The molecule has 1 N–H and O–H groups in total. The van der Waals surface area contributed by atoms with Crippen molar-refractivity contribution in [1.29, 1.82) is 0 Å². The molecule has 6 nitrogen and oxygen atoms in total. The Bertz CT molecular complexity index is 622. The van der Waals surface area contributed by atoms with Gasteiger partial charge in [0.2, 0.25) is 0 Å². The van der Waals surface area contributed by atoms with E-state index in [2.05, 4.69) is 14.9 Å². The zero-order chi connectivity index (χ0) is 15.2. The molecule has 0 fully saturated rings. The molecule has 21 heavy (non-hydrogen) atoms. The molecule has 0 bridgehead atoms. The Morgan fingerprint density at radius 2 is 1.95 bits per heavy atom. The Labute approximate surface area is 123 Å². The van der Waals surface area contributed by atoms with Gasteiger partial charge in [-0.15, -0.1) is 0 Å². The second kappa shape index (κ2) is 6.78. The zero-order valence-corrected chi connectivity index (χ0v) is 12.3. The van der Waals surface area contributed by atoms with Crippen LogP contribution in [0, 0.1) is 0 Å². The van der Waals surface area contributed by atoms with E-state index in [0.717, 1.165) is 11.3 Å². The van der Waals surface area contributed by atoms with Gasteiger partial charge in [-0.2, -0.15) is 5.10 Å². The monoisotopic (exact) mass is 290 g/mol. The second-order valence-corrected chi connectivity index (χ2v) is 4.18. The molecule has 0 unspecified atom stereocenters. The summed E-state index contributed by atoms with van der Waals surface area (Å²) in [5.74, 6) is 0.928. The number of carbonyl (C=O) groups excluding carboxylic acids is 1. The molecular formula is C15H18N2O4. The number of H-pyrrole nitrogens is 1. The summed E-state index contributed by atoms with van der Waals surface area (Å²) in [6.07, 6.45) is 0. The lowest BCUT2D eigenvalue weighted by Gasteiger charge is -2.11. The SMILES string of the molecule is CCOc1ccc(-c2cc(C(=O)OC)[nH]n2)c(OCC)c1. The summed E-state index contributed by atoms with van der Waals surface area (Å²) >= 11 is 0. The summed E-state index contributed by atoms with van der Waals surface area (Å²) in [4.78, 5) is 11.5. The Morgan fingerprint density at radius 1 is 1.19 bits per heavy atom. The topological polar surface area (TPSA) is 73.4 Å². The first-order chi connectivity index (χ1) is 10.2. The normalized spacial score (nSPS) is 10.2. The summed E-state index contributed by atoms with van der Waals surface area (Å²) in [5.41, 5.74) is 1.69. The molecular weight excluding hydrogens is 272 g/mol. The van der Waals surface area contributed by atoms with Gasteiger partial charge >= 0.3 is 5.97 Å². The molecule has 0 amide bonds. The van der Waals surface area contributed by atoms with Crippen LogP contribution in [0.5, 0.6) is 11.5 Å². The second-order valence-electron chi connectivity index (χ2n) is 4.18. The molecule has 0 atom stereocenters. The fourth-order valence-corrected chi connectivity index (χ4v) is 1.92. The molecule has 0 aliphatic rings. The predicted octanol–water partition coefficient (Wildman–Crippen LogP) is 2.66. The van der Waals surface area contributed by atoms with E-state index in [1.165, 1.54) is 7.11 Å². The summed E-state index contributed by atoms with van der Waals surface area (Å²) in [6.45, 7) is 4.93. The molecule has 2 aromatic rings. The van der Waals surface area contributed by atoms with Crippen LogP contribution in [0.15, 0.2) is 24.3 Å². The van der Waals surface area contributed by atoms with Gasteiger partial charge in [-0.05, 0) is 32.0 Å². The van der Waals surface area contributed by atoms with E-state index >= 15 is 0 Å². The number of methoxy groups -OCH3 is 1. The minimum atomic E-state index is -0.461. The van der Waals surface area contributed by atoms with Crippen molar-refractivity contribution in [1.82, 2.24) is 10.2 Å². The quantitative estimate of drug-likeness (QED) is 0.828. The van der Waals surface area contributed by atoms with E-state index in [1.54, 1.807) is 6.07 Å². The summed E-state index contributed by atoms with van der Waals surface area (Å²) in [5, 5.41) is 6.78. The smallest absolute Gasteiger partial charge is 0.356 e. The van der Waals surface area contributed by atoms with Crippen molar-refractivity contribution in [2.45, 2.75) is 13.8 Å². The van der Waals surface area contributed by atoms with Gasteiger partial charge < -0.3 is 14.2 Å². The predicted molar refractivity (Wildman–Crippen MR) is 77.7 cm³/mol. The number of aromatic nitrogens is 2. The van der Waals surface area contributed by atoms with Crippen molar-refractivity contribution in [3.63, 3.8) is 0 Å². The third kappa shape index (κ3) is 3.34. The Kier molecular flexibility index (Phi) is 4.81. The average Bonchev–Trinajstić information content (AvgIpc) is 2.97. The molecule has 1 heterocycles. The molecule has 0 aliphatic heterocycles. The van der Waals surface area contributed by atoms with E-state index < -0.39 is 5.97 Å². The molecule has 2 rings (SSSR count). The van der Waals surface area contributed by atoms with E-state index in [4.69, 9.17) is 9.47 Å². The van der Waals surface area contributed by atoms with Crippen molar-refractivity contribution in [2.24, 2.45) is 0 Å². The van der Waals surface area contributed by atoms with Crippen molar-refractivity contribution >= 4 is 5.97 Å². The van der Waals surface area contributed by atoms with Crippen molar-refractivity contribution < 1.29 is 19.0 Å². The highest BCUT2D eigenvalue weighted by Crippen LogP contribution is 2.32. The van der Waals surface area contributed by atoms with Crippen LogP contribution in [0.3, 0.4) is 0 Å². The number of esters is 1. The van der Waals surface area contributed by atoms with Crippen LogP contribution in [0.25, 0.3) is 11.3 Å². The first-order valence-corrected chi connectivity index (χ1v) is 6.73. The molecule has 6 heteroatoms. The van der Waals surface area contributed by atoms with Crippen LogP contribution in [0.4, 0.5) is 0 Å². The van der Waals surface area contributed by atoms with Gasteiger partial charge in [-0.3, -0.25) is 5.10 Å². The Balaban J connectivity index is 2.37. The molecule has 0 saturated carbocycles. The average molecular weight is 290 g/mol. The number of aromatic amines is 1. The van der Waals surface area contributed by atoms with E-state index in [0.29, 0.717) is 30.4 Å². The van der Waals surface area contributed by atoms with Crippen LogP contribution < -0.4 is 9.47 Å². The summed E-state index contributed by atoms with van der Waals surface area (Å²) in [7, 11) is 1.32. The van der Waals surface area contributed by atoms with Gasteiger partial charge in [-0.25, -0.2) is 4.79 Å². The molecule has 0 spiro atoms. The number of rotatable bonds is 6. The number of hydrogen-bond acceptors (Lipinski definition) is 5. The van der Waals surface area contributed by atoms with Crippen LogP contribution in [-0.4, -0.2) is 36.5 Å². The standard InChI is InChI=1S/C15H18N2O4/c1-4-20-10-6-7-11(14(8-10)21-5-2)12-9-13(17-16-12)15(18)19-3/h6-9H,4-5H2,1-3H3,(H,16,17). The summed E-state index contributed by atoms with van der Waals surface area (Å²) in [6, 6.07) is 7.14. The maximum atomic E-state index is 11.5. The minimum absolute atomic E-state index is 0.295. The highest BCUT2D eigenvalue weighted by Gasteiger charge is 2.15. The largest absolute Gasteiger partial charge is 0.494 e. The molecule has 0 saturated heterocycles. The van der Waals surface area contributed by atoms with Crippen molar-refractivity contribution in [2.75, 3.05) is 20.3 Å². The Morgan fingerprint density at radius 3 is 2.62 bits per heavy atom. The third-order valence-electron chi connectivity index (χ3n) is 2.82. The Hall–Kier alpha value is -2.50. The molecule has 1 aromatic heterocycles. The molecule has 112 valence electrons. The highest BCUT2D eigenvalue weighted by atomic mass is 16.5. The number of ether oxygens (including phenoxy) is 3. The van der Waals surface area contributed by atoms with Crippen LogP contribution >= 0.6 is 0 Å². The lowest BCUT2D eigenvalue weighted by Crippen LogP contribution is -2.00. The fourth-order valence-electron chi connectivity index (χ4n) is 1.92. The van der Waals surface area contributed by atoms with Crippen LogP contribution in [-0.2, 0) is 4.74 Å². The first-order valence-electron chi connectivity index (χ1n) is 6.73. The zero-order valence-electron chi connectivity index (χ0n) is 12.3. The van der Waals surface area contributed by atoms with Gasteiger partial charge in [0, 0.05) is 11.6 Å². The van der Waals surface area contributed by atoms with E-state index in [1.807, 2.05) is 32.0 Å². The third-order valence-corrected chi connectivity index (χ3v) is 2.82. The minimum Gasteiger partial charge on any atom is -0.494 e. The number of benzene rings is 1. The molecule has 0 aliphatic carbocycles. The van der Waals surface area contributed by atoms with Crippen LogP contribution in [0.2, 0.25) is 0 Å². The maximum absolute atomic E-state index is 11.5. The fraction of sp³-hybridized carbons (Fsp3) is 0.333. The number of hydrogen-bond donors (Lipinski definition) is 1. The van der Waals surface area contributed by atoms with E-state index in [9.17, 15) is 4.79 Å². The first kappa shape index (κ1) is 14.9. The number of nitrogens with one attached hydrogen (secondary N) is 1. The van der Waals surface area contributed by atoms with Gasteiger partial charge in [0.25, 0.3) is 0 Å². The number of carbonyl (C=O) groups is 1. The molecule has 1 aromatic carbocycles. The lowest BCUT2D eigenvalue weighted by atomic mass is 10.1. The maximum Gasteiger partial charge on any atom is 0.356 e. The van der Waals surface area contributed by atoms with Crippen molar-refractivity contribution in [3.8, 4) is 22.8 Å². The van der Waals surface area contributed by atoms with Gasteiger partial charge in [0.05, 0.1) is 26.0 Å². The lowest BCUT2D eigenvalue weighted by molar-refractivity contribution is 0.0594. The highest BCUT2D eigenvalue weighted by molar-refractivity contribution is 5.88. The van der Waals surface area contributed by atoms with Crippen LogP contribution in [0.1, 0.15) is 24.3 Å². The summed E-state index contributed by atoms with van der Waals surface area (Å²) < 4.78 is 15.7. The van der Waals surface area contributed by atoms with Gasteiger partial charge in [0.1, 0.15) is 17.2 Å².